The molecule has 0 amide bonds. The fourth-order valence-corrected chi connectivity index (χ4v) is 5.60. The van der Waals surface area contributed by atoms with Crippen LogP contribution in [0.25, 0.3) is 38.3 Å². The average molecular weight is 570 g/mol. The predicted octanol–water partition coefficient (Wildman–Crippen LogP) is 5.57. The minimum absolute atomic E-state index is 0.123. The van der Waals surface area contributed by atoms with Gasteiger partial charge in [-0.1, -0.05) is 12.1 Å². The first-order chi connectivity index (χ1) is 19.9. The van der Waals surface area contributed by atoms with E-state index in [1.54, 1.807) is 43.5 Å². The van der Waals surface area contributed by atoms with Crippen LogP contribution in [0.2, 0.25) is 0 Å². The molecule has 6 rings (SSSR count). The summed E-state index contributed by atoms with van der Waals surface area (Å²) in [6, 6.07) is 22.0. The lowest BCUT2D eigenvalue weighted by Crippen LogP contribution is -2.38. The van der Waals surface area contributed by atoms with E-state index in [-0.39, 0.29) is 16.3 Å². The van der Waals surface area contributed by atoms with Crippen LogP contribution in [0, 0.1) is 5.82 Å². The summed E-state index contributed by atoms with van der Waals surface area (Å²) in [5.74, 6) is -0.408. The quantitative estimate of drug-likeness (QED) is 0.189. The smallest absolute Gasteiger partial charge is 0.393 e. The van der Waals surface area contributed by atoms with Gasteiger partial charge in [-0.25, -0.2) is 9.37 Å². The number of nitrogens with two attached hydrogens (primary N) is 1. The molecule has 0 bridgehead atoms. The minimum Gasteiger partial charge on any atom is -0.497 e. The molecule has 3 heterocycles. The van der Waals surface area contributed by atoms with Gasteiger partial charge in [-0.3, -0.25) is 9.32 Å². The normalized spacial score (nSPS) is 11.1. The van der Waals surface area contributed by atoms with E-state index in [2.05, 4.69) is 5.27 Å². The van der Waals surface area contributed by atoms with Gasteiger partial charge in [-0.05, 0) is 65.7 Å². The van der Waals surface area contributed by atoms with E-state index in [0.29, 0.717) is 44.2 Å². The molecule has 0 aliphatic rings. The molecule has 3 aromatic carbocycles. The number of carbonyl (C=O) groups excluding carboxylic acids is 1. The monoisotopic (exact) mass is 569 g/mol. The fourth-order valence-electron chi connectivity index (χ4n) is 4.54. The molecular formula is C30H22FN4O5S+. The minimum atomic E-state index is -0.667. The van der Waals surface area contributed by atoms with Crippen molar-refractivity contribution in [2.45, 2.75) is 0 Å². The number of ketones is 1. The molecule has 0 aliphatic heterocycles. The molecule has 3 aromatic heterocycles. The maximum atomic E-state index is 14.3. The summed E-state index contributed by atoms with van der Waals surface area (Å²) in [4.78, 5) is 19.3. The third kappa shape index (κ3) is 4.61. The Labute approximate surface area is 236 Å². The first-order valence-corrected chi connectivity index (χ1v) is 13.1. The maximum absolute atomic E-state index is 14.3. The zero-order valence-corrected chi connectivity index (χ0v) is 22.6. The van der Waals surface area contributed by atoms with Crippen molar-refractivity contribution in [3.8, 4) is 45.5 Å². The van der Waals surface area contributed by atoms with Crippen LogP contribution in [-0.2, 0) is 0 Å². The van der Waals surface area contributed by atoms with Crippen molar-refractivity contribution in [3.05, 3.63) is 95.3 Å². The van der Waals surface area contributed by atoms with E-state index in [1.807, 2.05) is 30.3 Å². The predicted molar refractivity (Wildman–Crippen MR) is 151 cm³/mol. The number of carbonyl (C=O) groups is 1. The topological polar surface area (TPSA) is 125 Å². The first kappa shape index (κ1) is 26.0. The molecule has 0 aliphatic carbocycles. The van der Waals surface area contributed by atoms with Crippen LogP contribution >= 0.6 is 11.3 Å². The van der Waals surface area contributed by atoms with Crippen LogP contribution in [0.15, 0.2) is 83.4 Å². The second-order valence-electron chi connectivity index (χ2n) is 8.98. The van der Waals surface area contributed by atoms with Crippen molar-refractivity contribution in [1.29, 1.82) is 0 Å². The third-order valence-corrected chi connectivity index (χ3v) is 7.68. The molecule has 0 saturated heterocycles. The van der Waals surface area contributed by atoms with Crippen molar-refractivity contribution < 1.29 is 33.0 Å². The van der Waals surface area contributed by atoms with E-state index in [9.17, 15) is 14.3 Å². The Kier molecular flexibility index (Phi) is 6.56. The van der Waals surface area contributed by atoms with Gasteiger partial charge < -0.3 is 20.3 Å². The fraction of sp³-hybridized carbons (Fsp3) is 0.0667. The number of thiophene rings is 1. The standard InChI is InChI=1S/C30H21FN4O5S/c1-38-20-10-6-16(7-11-20)23-15-22(17-4-3-5-18(31)14-17)24-25(32)28(41-29(24)33-23)27(36)26-30(37)40-34-35(26)19-8-12-21(39-2)13-9-19/h3-15H,1-2H3,(H2-,32,34,36,37)/p+1. The maximum Gasteiger partial charge on any atom is 0.393 e. The number of hydrogen-bond acceptors (Lipinski definition) is 9. The van der Waals surface area contributed by atoms with E-state index >= 15 is 0 Å². The lowest BCUT2D eigenvalue weighted by molar-refractivity contribution is -0.672. The Hall–Kier alpha value is -5.29. The molecule has 204 valence electrons. The lowest BCUT2D eigenvalue weighted by atomic mass is 9.99. The number of benzene rings is 3. The second-order valence-corrected chi connectivity index (χ2v) is 9.98. The number of nitrogens with zero attached hydrogens (tertiary/aromatic N) is 3. The van der Waals surface area contributed by atoms with Gasteiger partial charge in [0, 0.05) is 27.8 Å². The van der Waals surface area contributed by atoms with Gasteiger partial charge in [0.1, 0.15) is 27.0 Å². The highest BCUT2D eigenvalue weighted by Gasteiger charge is 2.37. The van der Waals surface area contributed by atoms with Crippen molar-refractivity contribution >= 4 is 33.0 Å². The lowest BCUT2D eigenvalue weighted by Gasteiger charge is -2.09. The number of rotatable bonds is 7. The van der Waals surface area contributed by atoms with Gasteiger partial charge >= 0.3 is 11.6 Å². The number of fused-ring (bicyclic) bond motifs is 1. The summed E-state index contributed by atoms with van der Waals surface area (Å²) in [5, 5.41) is 14.8. The van der Waals surface area contributed by atoms with Gasteiger partial charge in [0.15, 0.2) is 0 Å². The number of ether oxygens (including phenoxy) is 2. The molecule has 3 N–H and O–H groups in total. The zero-order valence-electron chi connectivity index (χ0n) is 21.8. The van der Waals surface area contributed by atoms with E-state index in [4.69, 9.17) is 24.7 Å². The molecule has 41 heavy (non-hydrogen) atoms. The third-order valence-electron chi connectivity index (χ3n) is 6.58. The van der Waals surface area contributed by atoms with E-state index < -0.39 is 17.5 Å². The summed E-state index contributed by atoms with van der Waals surface area (Å²) in [7, 11) is 3.12. The number of halogens is 1. The summed E-state index contributed by atoms with van der Waals surface area (Å²) in [6.45, 7) is 0. The van der Waals surface area contributed by atoms with Gasteiger partial charge in [-0.2, -0.15) is 0 Å². The summed E-state index contributed by atoms with van der Waals surface area (Å²) in [5.41, 5.74) is 9.55. The molecular weight excluding hydrogens is 547 g/mol. The molecule has 0 unspecified atom stereocenters. The van der Waals surface area contributed by atoms with Crippen molar-refractivity contribution in [3.63, 3.8) is 0 Å². The van der Waals surface area contributed by atoms with Crippen molar-refractivity contribution in [2.24, 2.45) is 0 Å². The van der Waals surface area contributed by atoms with Crippen LogP contribution in [-0.4, -0.2) is 35.4 Å². The SMILES string of the molecule is COc1ccc(-c2cc(-c3cccc(F)c3)c3c(N)c(C(=O)c4c(O)on[n+]4-c4ccc(OC)cc4)sc3n2)cc1. The number of aromatic nitrogens is 3. The molecule has 6 aromatic rings. The Balaban J connectivity index is 1.53. The summed E-state index contributed by atoms with van der Waals surface area (Å²) in [6.07, 6.45) is 0. The number of hydrogen-bond donors (Lipinski definition) is 2. The average Bonchev–Trinajstić information content (AvgIpc) is 3.56. The Morgan fingerprint density at radius 2 is 1.66 bits per heavy atom. The van der Waals surface area contributed by atoms with Gasteiger partial charge in [0.2, 0.25) is 11.0 Å². The zero-order chi connectivity index (χ0) is 28.7. The van der Waals surface area contributed by atoms with Gasteiger partial charge in [-0.15, -0.1) is 11.3 Å². The van der Waals surface area contributed by atoms with Crippen molar-refractivity contribution in [2.75, 3.05) is 20.0 Å². The molecule has 11 heteroatoms. The molecule has 0 saturated carbocycles. The van der Waals surface area contributed by atoms with E-state index in [0.717, 1.165) is 16.9 Å². The summed E-state index contributed by atoms with van der Waals surface area (Å²) >= 11 is 1.06. The highest BCUT2D eigenvalue weighted by atomic mass is 32.1. The first-order valence-electron chi connectivity index (χ1n) is 12.3. The van der Waals surface area contributed by atoms with Crippen LogP contribution in [0.3, 0.4) is 0 Å². The van der Waals surface area contributed by atoms with Crippen LogP contribution < -0.4 is 19.9 Å². The molecule has 0 radical (unpaired) electrons. The van der Waals surface area contributed by atoms with Crippen LogP contribution in [0.1, 0.15) is 15.4 Å². The van der Waals surface area contributed by atoms with Gasteiger partial charge in [0.05, 0.1) is 25.6 Å². The molecule has 0 atom stereocenters. The molecule has 0 fully saturated rings. The highest BCUT2D eigenvalue weighted by molar-refractivity contribution is 7.21. The van der Waals surface area contributed by atoms with Crippen LogP contribution in [0.4, 0.5) is 10.1 Å². The number of nitrogen functional groups attached to an aromatic ring is 1. The largest absolute Gasteiger partial charge is 0.497 e. The Morgan fingerprint density at radius 1 is 0.976 bits per heavy atom. The summed E-state index contributed by atoms with van der Waals surface area (Å²) < 4.78 is 30.9. The number of methoxy groups -OCH3 is 2. The van der Waals surface area contributed by atoms with Gasteiger partial charge in [0.25, 0.3) is 5.78 Å². The molecule has 0 spiro atoms. The Morgan fingerprint density at radius 3 is 2.32 bits per heavy atom. The van der Waals surface area contributed by atoms with Crippen LogP contribution in [0.5, 0.6) is 17.4 Å². The highest BCUT2D eigenvalue weighted by Crippen LogP contribution is 2.42. The van der Waals surface area contributed by atoms with E-state index in [1.165, 1.54) is 23.9 Å². The second kappa shape index (κ2) is 10.4. The van der Waals surface area contributed by atoms with Crippen molar-refractivity contribution in [1.82, 2.24) is 10.3 Å². The number of anilines is 1. The number of aromatic hydroxyl groups is 1. The molecule has 9 nitrogen and oxygen atoms in total. The number of pyridine rings is 1. The Bertz CT molecular complexity index is 1920.